The number of nitrogens with two attached hydrogens (primary N) is 1. The summed E-state index contributed by atoms with van der Waals surface area (Å²) in [6, 6.07) is 2.13. The van der Waals surface area contributed by atoms with Crippen LogP contribution in [0.3, 0.4) is 0 Å². The molecule has 0 radical (unpaired) electrons. The topological polar surface area (TPSA) is 82.3 Å². The smallest absolute Gasteiger partial charge is 0.225 e. The van der Waals surface area contributed by atoms with Gasteiger partial charge in [-0.15, -0.1) is 0 Å². The maximum absolute atomic E-state index is 5.56. The number of aromatic nitrogens is 2. The molecule has 1 fully saturated rings. The molecule has 1 heterocycles. The minimum absolute atomic E-state index is 0.212. The first kappa shape index (κ1) is 10.9. The second-order valence-electron chi connectivity index (χ2n) is 3.82. The van der Waals surface area contributed by atoms with Gasteiger partial charge in [-0.25, -0.2) is 0 Å². The highest BCUT2D eigenvalue weighted by Crippen LogP contribution is 2.26. The Bertz CT molecular complexity index is 366. The van der Waals surface area contributed by atoms with Gasteiger partial charge in [-0.3, -0.25) is 0 Å². The molecule has 1 aliphatic rings. The molecule has 6 nitrogen and oxygen atoms in total. The van der Waals surface area contributed by atoms with E-state index in [0.717, 1.165) is 12.8 Å². The standard InChI is InChI=1S/C10H16N4O2/c1-15-7-3-6(4-7)12-8-5-9(16-2)14-10(11)13-8/h5-7H,3-4H2,1-2H3,(H3,11,12,13,14). The fraction of sp³-hybridized carbons (Fsp3) is 0.600. The van der Waals surface area contributed by atoms with Crippen molar-refractivity contribution in [2.45, 2.75) is 25.0 Å². The molecule has 0 unspecified atom stereocenters. The molecule has 6 heteroatoms. The van der Waals surface area contributed by atoms with Crippen LogP contribution in [-0.4, -0.2) is 36.3 Å². The number of hydrogen-bond acceptors (Lipinski definition) is 6. The van der Waals surface area contributed by atoms with Crippen molar-refractivity contribution in [1.29, 1.82) is 0 Å². The summed E-state index contributed by atoms with van der Waals surface area (Å²) in [6.45, 7) is 0. The highest BCUT2D eigenvalue weighted by molar-refractivity contribution is 5.44. The number of nitrogens with one attached hydrogen (secondary N) is 1. The van der Waals surface area contributed by atoms with Crippen LogP contribution in [0.2, 0.25) is 0 Å². The molecule has 0 spiro atoms. The van der Waals surface area contributed by atoms with Crippen LogP contribution in [0.5, 0.6) is 5.88 Å². The molecule has 0 saturated heterocycles. The highest BCUT2D eigenvalue weighted by atomic mass is 16.5. The van der Waals surface area contributed by atoms with Crippen LogP contribution in [0.1, 0.15) is 12.8 Å². The summed E-state index contributed by atoms with van der Waals surface area (Å²) in [7, 11) is 3.28. The van der Waals surface area contributed by atoms with Crippen molar-refractivity contribution in [1.82, 2.24) is 9.97 Å². The Kier molecular flexibility index (Phi) is 3.09. The summed E-state index contributed by atoms with van der Waals surface area (Å²) in [5.74, 6) is 1.38. The quantitative estimate of drug-likeness (QED) is 0.781. The first-order valence-corrected chi connectivity index (χ1v) is 5.19. The molecule has 16 heavy (non-hydrogen) atoms. The molecule has 1 saturated carbocycles. The Morgan fingerprint density at radius 1 is 1.38 bits per heavy atom. The number of methoxy groups -OCH3 is 2. The van der Waals surface area contributed by atoms with Gasteiger partial charge in [-0.1, -0.05) is 0 Å². The van der Waals surface area contributed by atoms with Crippen LogP contribution < -0.4 is 15.8 Å². The second-order valence-corrected chi connectivity index (χ2v) is 3.82. The first-order chi connectivity index (χ1) is 7.71. The van der Waals surface area contributed by atoms with E-state index in [1.165, 1.54) is 0 Å². The van der Waals surface area contributed by atoms with Crippen LogP contribution in [-0.2, 0) is 4.74 Å². The third kappa shape index (κ3) is 2.33. The third-order valence-corrected chi connectivity index (χ3v) is 2.71. The van der Waals surface area contributed by atoms with Crippen LogP contribution in [0.15, 0.2) is 6.07 Å². The minimum Gasteiger partial charge on any atom is -0.481 e. The van der Waals surface area contributed by atoms with Crippen LogP contribution >= 0.6 is 0 Å². The SMILES string of the molecule is COc1cc(NC2CC(OC)C2)nc(N)n1. The van der Waals surface area contributed by atoms with Crippen molar-refractivity contribution in [2.24, 2.45) is 0 Å². The number of rotatable bonds is 4. The largest absolute Gasteiger partial charge is 0.481 e. The molecule has 0 amide bonds. The summed E-state index contributed by atoms with van der Waals surface area (Å²) in [5, 5.41) is 3.27. The van der Waals surface area contributed by atoms with Crippen LogP contribution in [0.4, 0.5) is 11.8 Å². The average Bonchev–Trinajstić information content (AvgIpc) is 2.22. The summed E-state index contributed by atoms with van der Waals surface area (Å²) < 4.78 is 10.2. The predicted molar refractivity (Wildman–Crippen MR) is 60.4 cm³/mol. The van der Waals surface area contributed by atoms with Gasteiger partial charge in [0.05, 0.1) is 13.2 Å². The van der Waals surface area contributed by atoms with E-state index in [9.17, 15) is 0 Å². The van der Waals surface area contributed by atoms with Crippen molar-refractivity contribution in [3.8, 4) is 5.88 Å². The average molecular weight is 224 g/mol. The zero-order valence-electron chi connectivity index (χ0n) is 9.43. The van der Waals surface area contributed by atoms with Crippen molar-refractivity contribution in [2.75, 3.05) is 25.3 Å². The molecule has 2 rings (SSSR count). The van der Waals surface area contributed by atoms with E-state index in [-0.39, 0.29) is 5.95 Å². The van der Waals surface area contributed by atoms with Crippen LogP contribution in [0, 0.1) is 0 Å². The molecule has 0 atom stereocenters. The van der Waals surface area contributed by atoms with Crippen molar-refractivity contribution >= 4 is 11.8 Å². The third-order valence-electron chi connectivity index (χ3n) is 2.71. The zero-order valence-corrected chi connectivity index (χ0v) is 9.43. The lowest BCUT2D eigenvalue weighted by atomic mass is 9.89. The monoisotopic (exact) mass is 224 g/mol. The fourth-order valence-corrected chi connectivity index (χ4v) is 1.71. The van der Waals surface area contributed by atoms with E-state index in [2.05, 4.69) is 15.3 Å². The molecule has 0 aliphatic heterocycles. The summed E-state index contributed by atoms with van der Waals surface area (Å²) in [5.41, 5.74) is 5.56. The van der Waals surface area contributed by atoms with E-state index >= 15 is 0 Å². The van der Waals surface area contributed by atoms with Crippen LogP contribution in [0.25, 0.3) is 0 Å². The lowest BCUT2D eigenvalue weighted by Crippen LogP contribution is -2.40. The number of nitrogen functional groups attached to an aromatic ring is 1. The molecule has 1 aromatic heterocycles. The Morgan fingerprint density at radius 2 is 2.12 bits per heavy atom. The maximum atomic E-state index is 5.56. The molecule has 0 bridgehead atoms. The number of hydrogen-bond donors (Lipinski definition) is 2. The Balaban J connectivity index is 1.97. The predicted octanol–water partition coefficient (Wildman–Crippen LogP) is 0.657. The van der Waals surface area contributed by atoms with Gasteiger partial charge < -0.3 is 20.5 Å². The fourth-order valence-electron chi connectivity index (χ4n) is 1.71. The van der Waals surface area contributed by atoms with Gasteiger partial charge in [0.25, 0.3) is 0 Å². The number of ether oxygens (including phenoxy) is 2. The zero-order chi connectivity index (χ0) is 11.5. The molecule has 1 aliphatic carbocycles. The normalized spacial score (nSPS) is 23.6. The molecular formula is C10H16N4O2. The lowest BCUT2D eigenvalue weighted by Gasteiger charge is -2.34. The number of nitrogens with zero attached hydrogens (tertiary/aromatic N) is 2. The van der Waals surface area contributed by atoms with Gasteiger partial charge in [0.2, 0.25) is 11.8 Å². The van der Waals surface area contributed by atoms with E-state index in [1.54, 1.807) is 20.3 Å². The van der Waals surface area contributed by atoms with Crippen molar-refractivity contribution in [3.63, 3.8) is 0 Å². The summed E-state index contributed by atoms with van der Waals surface area (Å²) in [6.07, 6.45) is 2.34. The first-order valence-electron chi connectivity index (χ1n) is 5.19. The molecule has 3 N–H and O–H groups in total. The van der Waals surface area contributed by atoms with Crippen molar-refractivity contribution in [3.05, 3.63) is 6.07 Å². The lowest BCUT2D eigenvalue weighted by molar-refractivity contribution is 0.0328. The second kappa shape index (κ2) is 4.52. The van der Waals surface area contributed by atoms with Gasteiger partial charge >= 0.3 is 0 Å². The molecular weight excluding hydrogens is 208 g/mol. The number of anilines is 2. The van der Waals surface area contributed by atoms with Gasteiger partial charge in [0.15, 0.2) is 0 Å². The van der Waals surface area contributed by atoms with Gasteiger partial charge in [0, 0.05) is 19.2 Å². The van der Waals surface area contributed by atoms with Gasteiger partial charge in [-0.05, 0) is 12.8 Å². The Morgan fingerprint density at radius 3 is 2.75 bits per heavy atom. The Hall–Kier alpha value is -1.56. The van der Waals surface area contributed by atoms with E-state index in [1.807, 2.05) is 0 Å². The van der Waals surface area contributed by atoms with Gasteiger partial charge in [0.1, 0.15) is 5.82 Å². The Labute approximate surface area is 94.2 Å². The van der Waals surface area contributed by atoms with E-state index in [4.69, 9.17) is 15.2 Å². The molecule has 88 valence electrons. The van der Waals surface area contributed by atoms with Crippen molar-refractivity contribution < 1.29 is 9.47 Å². The highest BCUT2D eigenvalue weighted by Gasteiger charge is 2.29. The molecule has 1 aromatic rings. The molecule has 0 aromatic carbocycles. The van der Waals surface area contributed by atoms with E-state index in [0.29, 0.717) is 23.8 Å². The minimum atomic E-state index is 0.212. The summed E-state index contributed by atoms with van der Waals surface area (Å²) >= 11 is 0. The van der Waals surface area contributed by atoms with Gasteiger partial charge in [-0.2, -0.15) is 9.97 Å². The summed E-state index contributed by atoms with van der Waals surface area (Å²) in [4.78, 5) is 8.00. The van der Waals surface area contributed by atoms with E-state index < -0.39 is 0 Å². The maximum Gasteiger partial charge on any atom is 0.225 e.